The van der Waals surface area contributed by atoms with Crippen LogP contribution in [0.3, 0.4) is 0 Å². The largest absolute Gasteiger partial charge is 0.320 e. The minimum atomic E-state index is -0.465. The molecule has 0 bridgehead atoms. The fraction of sp³-hybridized carbons (Fsp3) is 0.600. The van der Waals surface area contributed by atoms with Gasteiger partial charge in [0.2, 0.25) is 5.91 Å². The van der Waals surface area contributed by atoms with Crippen LogP contribution in [0.1, 0.15) is 63.0 Å². The molecule has 0 unspecified atom stereocenters. The van der Waals surface area contributed by atoms with E-state index in [2.05, 4.69) is 20.6 Å². The number of rotatable bonds is 5. The van der Waals surface area contributed by atoms with E-state index in [1.807, 2.05) is 19.2 Å². The molecule has 2 heterocycles. The summed E-state index contributed by atoms with van der Waals surface area (Å²) in [7, 11) is 1.90. The van der Waals surface area contributed by atoms with E-state index in [0.717, 1.165) is 29.8 Å². The Morgan fingerprint density at radius 2 is 1.93 bits per heavy atom. The highest BCUT2D eigenvalue weighted by Crippen LogP contribution is 2.42. The topological polar surface area (TPSA) is 98.7 Å². The summed E-state index contributed by atoms with van der Waals surface area (Å²) in [6.07, 6.45) is 11.0. The van der Waals surface area contributed by atoms with Gasteiger partial charge in [-0.2, -0.15) is 0 Å². The molecule has 2 aromatic rings. The molecular weight excluding hydrogens is 340 g/mol. The maximum Gasteiger partial charge on any atom is 0.242 e. The van der Waals surface area contributed by atoms with Crippen molar-refractivity contribution in [3.63, 3.8) is 0 Å². The Kier molecular flexibility index (Phi) is 5.20. The van der Waals surface area contributed by atoms with E-state index < -0.39 is 6.04 Å². The molecule has 0 aromatic carbocycles. The second-order valence-corrected chi connectivity index (χ2v) is 7.92. The van der Waals surface area contributed by atoms with Gasteiger partial charge in [0, 0.05) is 24.7 Å². The number of hydrogen-bond donors (Lipinski definition) is 2. The van der Waals surface area contributed by atoms with E-state index in [0.29, 0.717) is 11.7 Å². The van der Waals surface area contributed by atoms with Crippen molar-refractivity contribution in [1.82, 2.24) is 20.0 Å². The van der Waals surface area contributed by atoms with Gasteiger partial charge in [-0.1, -0.05) is 30.9 Å². The summed E-state index contributed by atoms with van der Waals surface area (Å²) in [5, 5.41) is 11.3. The maximum absolute atomic E-state index is 12.5. The van der Waals surface area contributed by atoms with Gasteiger partial charge in [0.1, 0.15) is 5.82 Å². The lowest BCUT2D eigenvalue weighted by Gasteiger charge is -2.21. The minimum absolute atomic E-state index is 0.136. The van der Waals surface area contributed by atoms with Crippen LogP contribution in [0.15, 0.2) is 18.3 Å². The third kappa shape index (κ3) is 4.03. The van der Waals surface area contributed by atoms with E-state index in [-0.39, 0.29) is 11.8 Å². The summed E-state index contributed by atoms with van der Waals surface area (Å²) in [5.74, 6) is 1.19. The van der Waals surface area contributed by atoms with E-state index in [4.69, 9.17) is 5.73 Å². The third-order valence-corrected chi connectivity index (χ3v) is 5.82. The highest BCUT2D eigenvalue weighted by molar-refractivity contribution is 5.94. The van der Waals surface area contributed by atoms with Crippen molar-refractivity contribution in [3.8, 4) is 11.3 Å². The molecule has 2 fully saturated rings. The van der Waals surface area contributed by atoms with Crippen LogP contribution in [0, 0.1) is 5.92 Å². The maximum atomic E-state index is 12.5. The molecule has 0 radical (unpaired) electrons. The quantitative estimate of drug-likeness (QED) is 0.791. The molecule has 2 saturated carbocycles. The molecule has 27 heavy (non-hydrogen) atoms. The van der Waals surface area contributed by atoms with Gasteiger partial charge in [0.05, 0.1) is 17.4 Å². The van der Waals surface area contributed by atoms with Crippen molar-refractivity contribution in [3.05, 3.63) is 24.0 Å². The number of aromatic nitrogens is 4. The predicted molar refractivity (Wildman–Crippen MR) is 104 cm³/mol. The van der Waals surface area contributed by atoms with Crippen LogP contribution in [0.5, 0.6) is 0 Å². The van der Waals surface area contributed by atoms with Gasteiger partial charge in [0.15, 0.2) is 0 Å². The van der Waals surface area contributed by atoms with Crippen LogP contribution in [0.2, 0.25) is 0 Å². The molecular formula is C20H28N6O. The average Bonchev–Trinajstić information content (AvgIpc) is 3.48. The van der Waals surface area contributed by atoms with E-state index >= 15 is 0 Å². The highest BCUT2D eigenvalue weighted by atomic mass is 16.2. The number of nitrogens with two attached hydrogens (primary N) is 1. The van der Waals surface area contributed by atoms with E-state index in [1.165, 1.54) is 38.5 Å². The lowest BCUT2D eigenvalue weighted by Crippen LogP contribution is -2.42. The number of carbonyl (C=O) groups excluding carboxylic acids is 1. The Morgan fingerprint density at radius 3 is 2.56 bits per heavy atom. The summed E-state index contributed by atoms with van der Waals surface area (Å²) in [6.45, 7) is 0. The van der Waals surface area contributed by atoms with Crippen molar-refractivity contribution in [2.24, 2.45) is 18.7 Å². The van der Waals surface area contributed by atoms with Crippen LogP contribution in [-0.4, -0.2) is 31.9 Å². The number of aryl methyl sites for hydroxylation is 1. The molecule has 1 atom stereocenters. The molecule has 4 rings (SSSR count). The van der Waals surface area contributed by atoms with Crippen LogP contribution in [0.4, 0.5) is 5.82 Å². The normalized spacial score (nSPS) is 19.5. The number of nitrogens with zero attached hydrogens (tertiary/aromatic N) is 4. The Balaban J connectivity index is 1.43. The van der Waals surface area contributed by atoms with Crippen LogP contribution >= 0.6 is 0 Å². The molecule has 144 valence electrons. The zero-order valence-corrected chi connectivity index (χ0v) is 15.9. The van der Waals surface area contributed by atoms with Crippen molar-refractivity contribution in [1.29, 1.82) is 0 Å². The van der Waals surface area contributed by atoms with Gasteiger partial charge in [-0.25, -0.2) is 9.67 Å². The van der Waals surface area contributed by atoms with Crippen LogP contribution in [-0.2, 0) is 11.8 Å². The molecule has 0 spiro atoms. The Hall–Kier alpha value is -2.28. The average molecular weight is 368 g/mol. The highest BCUT2D eigenvalue weighted by Gasteiger charge is 2.31. The molecule has 7 heteroatoms. The standard InChI is InChI=1S/C20H28N6O/c1-26-19(18(24-25-26)14-8-9-14)15-10-11-16(22-12-15)23-20(27)17(21)13-6-4-2-3-5-7-13/h10-14,17H,2-9,21H2,1H3,(H,22,23,27)/t17-/m0/s1. The summed E-state index contributed by atoms with van der Waals surface area (Å²) in [6, 6.07) is 3.33. The molecule has 0 saturated heterocycles. The molecule has 0 aliphatic heterocycles. The minimum Gasteiger partial charge on any atom is -0.320 e. The van der Waals surface area contributed by atoms with Crippen molar-refractivity contribution >= 4 is 11.7 Å². The first-order valence-corrected chi connectivity index (χ1v) is 10.1. The second kappa shape index (κ2) is 7.76. The first kappa shape index (κ1) is 18.1. The zero-order valence-electron chi connectivity index (χ0n) is 15.9. The molecule has 2 aliphatic rings. The monoisotopic (exact) mass is 368 g/mol. The number of nitrogens with one attached hydrogen (secondary N) is 1. The molecule has 2 aliphatic carbocycles. The van der Waals surface area contributed by atoms with E-state index in [9.17, 15) is 4.79 Å². The molecule has 7 nitrogen and oxygen atoms in total. The van der Waals surface area contributed by atoms with Gasteiger partial charge in [-0.05, 0) is 43.7 Å². The molecule has 1 amide bonds. The molecule has 3 N–H and O–H groups in total. The summed E-state index contributed by atoms with van der Waals surface area (Å²) >= 11 is 0. The Bertz CT molecular complexity index is 787. The lowest BCUT2D eigenvalue weighted by molar-refractivity contribution is -0.118. The fourth-order valence-corrected chi connectivity index (χ4v) is 4.04. The number of anilines is 1. The van der Waals surface area contributed by atoms with Crippen molar-refractivity contribution in [2.45, 2.75) is 63.3 Å². The summed E-state index contributed by atoms with van der Waals surface area (Å²) in [5.41, 5.74) is 9.26. The number of carbonyl (C=O) groups is 1. The van der Waals surface area contributed by atoms with Crippen LogP contribution in [0.25, 0.3) is 11.3 Å². The van der Waals surface area contributed by atoms with E-state index in [1.54, 1.807) is 10.9 Å². The summed E-state index contributed by atoms with van der Waals surface area (Å²) in [4.78, 5) is 17.0. The van der Waals surface area contributed by atoms with Crippen LogP contribution < -0.4 is 11.1 Å². The van der Waals surface area contributed by atoms with Gasteiger partial charge in [-0.3, -0.25) is 4.79 Å². The Labute approximate surface area is 159 Å². The van der Waals surface area contributed by atoms with Gasteiger partial charge in [0.25, 0.3) is 0 Å². The first-order chi connectivity index (χ1) is 13.1. The lowest BCUT2D eigenvalue weighted by atomic mass is 9.92. The number of pyridine rings is 1. The first-order valence-electron chi connectivity index (χ1n) is 10.1. The SMILES string of the molecule is Cn1nnc(C2CC2)c1-c1ccc(NC(=O)[C@@H](N)C2CCCCCC2)nc1. The molecule has 2 aromatic heterocycles. The third-order valence-electron chi connectivity index (χ3n) is 5.82. The zero-order chi connectivity index (χ0) is 18.8. The van der Waals surface area contributed by atoms with Crippen molar-refractivity contribution < 1.29 is 4.79 Å². The van der Waals surface area contributed by atoms with Crippen molar-refractivity contribution in [2.75, 3.05) is 5.32 Å². The van der Waals surface area contributed by atoms with Gasteiger partial charge >= 0.3 is 0 Å². The number of hydrogen-bond acceptors (Lipinski definition) is 5. The second-order valence-electron chi connectivity index (χ2n) is 7.92. The predicted octanol–water partition coefficient (Wildman–Crippen LogP) is 2.99. The fourth-order valence-electron chi connectivity index (χ4n) is 4.04. The van der Waals surface area contributed by atoms with Gasteiger partial charge < -0.3 is 11.1 Å². The van der Waals surface area contributed by atoms with Gasteiger partial charge in [-0.15, -0.1) is 5.10 Å². The number of amides is 1. The smallest absolute Gasteiger partial charge is 0.242 e. The Morgan fingerprint density at radius 1 is 1.19 bits per heavy atom. The summed E-state index contributed by atoms with van der Waals surface area (Å²) < 4.78 is 1.80.